The molecule has 0 aliphatic carbocycles. The molecule has 0 saturated carbocycles. The van der Waals surface area contributed by atoms with E-state index in [-0.39, 0.29) is 93.4 Å². The first-order valence-electron chi connectivity index (χ1n) is 0.707. The van der Waals surface area contributed by atoms with E-state index in [1.165, 1.54) is 0 Å². The van der Waals surface area contributed by atoms with Crippen molar-refractivity contribution in [2.75, 3.05) is 0 Å². The number of hydrogen-bond donors (Lipinski definition) is 0. The molecule has 8 heteroatoms. The maximum absolute atomic E-state index is 8.42. The Morgan fingerprint density at radius 1 is 0.750 bits per heavy atom. The van der Waals surface area contributed by atoms with E-state index >= 15 is 0 Å². The summed E-state index contributed by atoms with van der Waals surface area (Å²) in [5, 5.41) is 25.2. The second-order valence-corrected chi connectivity index (χ2v) is 0.289. The van der Waals surface area contributed by atoms with Gasteiger partial charge in [-0.25, -0.2) is 0 Å². The Morgan fingerprint density at radius 3 is 0.750 bits per heavy atom. The fraction of sp³-hybridized carbons (Fsp3) is 0. The molecule has 0 spiro atoms. The van der Waals surface area contributed by atoms with Crippen molar-refractivity contribution in [3.8, 4) is 0 Å². The maximum atomic E-state index is 8.42. The maximum Gasteiger partial charge on any atom is 1.00 e. The predicted molar refractivity (Wildman–Crippen MR) is 8.26 cm³/mol. The molecular formula is HBFNa3O3. The number of halogens is 1. The Labute approximate surface area is 114 Å². The molecule has 0 amide bonds. The molecule has 0 fully saturated rings. The summed E-state index contributed by atoms with van der Waals surface area (Å²) >= 11 is 0. The molecule has 3 nitrogen and oxygen atoms in total. The van der Waals surface area contributed by atoms with E-state index < -0.39 is 7.32 Å². The molecule has 0 aromatic heterocycles. The molecule has 0 aliphatic heterocycles. The monoisotopic (exact) mass is 148 g/mol. The summed E-state index contributed by atoms with van der Waals surface area (Å²) in [6, 6.07) is 0. The van der Waals surface area contributed by atoms with Crippen molar-refractivity contribution >= 4 is 7.32 Å². The molecule has 0 atom stereocenters. The van der Waals surface area contributed by atoms with Crippen LogP contribution in [0.3, 0.4) is 0 Å². The van der Waals surface area contributed by atoms with Crippen LogP contribution in [0.15, 0.2) is 0 Å². The Kier molecular flexibility index (Phi) is 86.5. The van der Waals surface area contributed by atoms with E-state index in [0.717, 1.165) is 0 Å². The Morgan fingerprint density at radius 2 is 0.750 bits per heavy atom. The summed E-state index contributed by atoms with van der Waals surface area (Å²) in [4.78, 5) is 0. The fourth-order valence-corrected chi connectivity index (χ4v) is 0. The molecule has 0 rings (SSSR count). The van der Waals surface area contributed by atoms with Crippen LogP contribution in [0.4, 0.5) is 4.70 Å². The van der Waals surface area contributed by atoms with Gasteiger partial charge in [0.05, 0.1) is 0 Å². The summed E-state index contributed by atoms with van der Waals surface area (Å²) in [6.07, 6.45) is 0. The van der Waals surface area contributed by atoms with E-state index in [4.69, 9.17) is 15.1 Å². The predicted octanol–water partition coefficient (Wildman–Crippen LogP) is -12.8. The van der Waals surface area contributed by atoms with Gasteiger partial charge in [0.1, 0.15) is 0 Å². The van der Waals surface area contributed by atoms with Gasteiger partial charge in [-0.15, -0.1) is 0 Å². The van der Waals surface area contributed by atoms with Gasteiger partial charge in [0.2, 0.25) is 0 Å². The largest absolute Gasteiger partial charge is 1.00 e. The molecule has 0 unspecified atom stereocenters. The molecule has 32 valence electrons. The van der Waals surface area contributed by atoms with E-state index in [9.17, 15) is 0 Å². The van der Waals surface area contributed by atoms with Gasteiger partial charge >= 0.3 is 88.7 Å². The zero-order chi connectivity index (χ0) is 3.58. The summed E-state index contributed by atoms with van der Waals surface area (Å²) in [5.41, 5.74) is 0. The van der Waals surface area contributed by atoms with Crippen molar-refractivity contribution < 1.29 is 108 Å². The summed E-state index contributed by atoms with van der Waals surface area (Å²) < 4.78 is 0. The molecule has 0 bridgehead atoms. The first-order chi connectivity index (χ1) is 1.73. The van der Waals surface area contributed by atoms with Gasteiger partial charge in [0.25, 0.3) is 0 Å². The van der Waals surface area contributed by atoms with Gasteiger partial charge in [0, 0.05) is 0 Å². The quantitative estimate of drug-likeness (QED) is 0.320. The molecule has 0 aliphatic rings. The van der Waals surface area contributed by atoms with Crippen LogP contribution in [0.2, 0.25) is 0 Å². The van der Waals surface area contributed by atoms with Gasteiger partial charge in [-0.2, -0.15) is 0 Å². The van der Waals surface area contributed by atoms with Crippen LogP contribution in [-0.4, -0.2) is 7.32 Å². The minimum Gasteiger partial charge on any atom is -0.907 e. The molecular weight excluding hydrogens is 147 g/mol. The third-order valence-corrected chi connectivity index (χ3v) is 0. The second-order valence-electron chi connectivity index (χ2n) is 0.289. The van der Waals surface area contributed by atoms with Crippen molar-refractivity contribution in [3.63, 3.8) is 0 Å². The smallest absolute Gasteiger partial charge is 0.907 e. The standard InChI is InChI=1S/BO3.FH.3Na/c2-1(3)4;;;;/h;1H;;;/q-3;;3*+1. The fourth-order valence-electron chi connectivity index (χ4n) is 0. The summed E-state index contributed by atoms with van der Waals surface area (Å²) in [7, 11) is -2.92. The average molecular weight is 148 g/mol. The normalized spacial score (nSPS) is 3.38. The van der Waals surface area contributed by atoms with Crippen molar-refractivity contribution in [1.82, 2.24) is 0 Å². The molecule has 0 N–H and O–H groups in total. The molecule has 8 heavy (non-hydrogen) atoms. The minimum atomic E-state index is -2.92. The van der Waals surface area contributed by atoms with Gasteiger partial charge < -0.3 is 15.1 Å². The van der Waals surface area contributed by atoms with Gasteiger partial charge in [0.15, 0.2) is 0 Å². The van der Waals surface area contributed by atoms with Crippen molar-refractivity contribution in [1.29, 1.82) is 0 Å². The Balaban J connectivity index is -0.00000000750. The average Bonchev–Trinajstić information content (AvgIpc) is 0.811. The molecule has 0 heterocycles. The van der Waals surface area contributed by atoms with E-state index in [2.05, 4.69) is 0 Å². The zero-order valence-corrected chi connectivity index (χ0v) is 11.2. The first-order valence-corrected chi connectivity index (χ1v) is 0.707. The van der Waals surface area contributed by atoms with Crippen LogP contribution in [0.25, 0.3) is 0 Å². The van der Waals surface area contributed by atoms with Crippen LogP contribution >= 0.6 is 0 Å². The first kappa shape index (κ1) is 30.7. The SMILES string of the molecule is F.[Na+].[Na+].[Na+].[O-]B([O-])[O-]. The number of hydrogen-bond acceptors (Lipinski definition) is 3. The third kappa shape index (κ3) is 66.6. The van der Waals surface area contributed by atoms with Gasteiger partial charge in [-0.05, 0) is 0 Å². The van der Waals surface area contributed by atoms with Crippen LogP contribution in [0.1, 0.15) is 0 Å². The van der Waals surface area contributed by atoms with E-state index in [1.807, 2.05) is 0 Å². The minimum absolute atomic E-state index is 0. The summed E-state index contributed by atoms with van der Waals surface area (Å²) in [5.74, 6) is 0. The molecule has 0 radical (unpaired) electrons. The molecule has 0 aromatic rings. The van der Waals surface area contributed by atoms with Crippen LogP contribution in [-0.2, 0) is 0 Å². The van der Waals surface area contributed by atoms with E-state index in [1.54, 1.807) is 0 Å². The molecule has 0 saturated heterocycles. The number of rotatable bonds is 0. The van der Waals surface area contributed by atoms with Crippen LogP contribution in [0.5, 0.6) is 0 Å². The van der Waals surface area contributed by atoms with Crippen molar-refractivity contribution in [3.05, 3.63) is 0 Å². The summed E-state index contributed by atoms with van der Waals surface area (Å²) in [6.45, 7) is 0. The van der Waals surface area contributed by atoms with Crippen molar-refractivity contribution in [2.45, 2.75) is 0 Å². The third-order valence-electron chi connectivity index (χ3n) is 0. The molecule has 0 aromatic carbocycles. The topological polar surface area (TPSA) is 69.2 Å². The van der Waals surface area contributed by atoms with Gasteiger partial charge in [-0.3, -0.25) is 12.0 Å². The van der Waals surface area contributed by atoms with Crippen LogP contribution < -0.4 is 104 Å². The zero-order valence-electron chi connectivity index (χ0n) is 5.21. The Bertz CT molecular complexity index is 19.2. The van der Waals surface area contributed by atoms with E-state index in [0.29, 0.717) is 0 Å². The second kappa shape index (κ2) is 22.5. The van der Waals surface area contributed by atoms with Gasteiger partial charge in [-0.1, -0.05) is 0 Å². The Hall–Kier alpha value is 2.87. The van der Waals surface area contributed by atoms with Crippen molar-refractivity contribution in [2.24, 2.45) is 0 Å². The van der Waals surface area contributed by atoms with Crippen LogP contribution in [0, 0.1) is 0 Å².